The zero-order valence-corrected chi connectivity index (χ0v) is 11.5. The maximum Gasteiger partial charge on any atom is 0.0724 e. The molecule has 0 heterocycles. The average Bonchev–Trinajstić information content (AvgIpc) is 2.29. The first-order valence-electron chi connectivity index (χ1n) is 6.96. The Balaban J connectivity index is 2.32. The second-order valence-corrected chi connectivity index (χ2v) is 5.48. The number of hydrogen-bond acceptors (Lipinski definition) is 2. The maximum absolute atomic E-state index is 5.57. The fraction of sp³-hybridized carbons (Fsp3) is 1.00. The van der Waals surface area contributed by atoms with Crippen molar-refractivity contribution >= 4 is 0 Å². The molecule has 4 atom stereocenters. The molecule has 0 aromatic rings. The van der Waals surface area contributed by atoms with Crippen LogP contribution in [-0.2, 0) is 4.74 Å². The van der Waals surface area contributed by atoms with Crippen LogP contribution in [0.4, 0.5) is 0 Å². The Kier molecular flexibility index (Phi) is 6.37. The number of ether oxygens (including phenoxy) is 1. The zero-order valence-electron chi connectivity index (χ0n) is 11.5. The van der Waals surface area contributed by atoms with Crippen molar-refractivity contribution in [3.8, 4) is 0 Å². The van der Waals surface area contributed by atoms with Crippen molar-refractivity contribution in [1.82, 2.24) is 5.32 Å². The highest BCUT2D eigenvalue weighted by molar-refractivity contribution is 4.83. The van der Waals surface area contributed by atoms with Crippen LogP contribution in [-0.4, -0.2) is 25.3 Å². The fourth-order valence-electron chi connectivity index (χ4n) is 2.77. The van der Waals surface area contributed by atoms with Gasteiger partial charge in [0.1, 0.15) is 0 Å². The minimum Gasteiger partial charge on any atom is -0.380 e. The van der Waals surface area contributed by atoms with Gasteiger partial charge in [0, 0.05) is 19.2 Å². The number of nitrogens with one attached hydrogen (secondary N) is 1. The molecule has 0 saturated heterocycles. The highest BCUT2D eigenvalue weighted by Crippen LogP contribution is 2.22. The minimum atomic E-state index is 0.438. The normalized spacial score (nSPS) is 30.0. The van der Waals surface area contributed by atoms with E-state index >= 15 is 0 Å². The van der Waals surface area contributed by atoms with Crippen molar-refractivity contribution in [2.75, 3.05) is 7.11 Å². The van der Waals surface area contributed by atoms with Gasteiger partial charge in [-0.25, -0.2) is 0 Å². The molecule has 1 aliphatic carbocycles. The molecule has 0 aromatic heterocycles. The molecule has 1 aliphatic rings. The lowest BCUT2D eigenvalue weighted by atomic mass is 9.91. The number of rotatable bonds is 6. The highest BCUT2D eigenvalue weighted by atomic mass is 16.5. The lowest BCUT2D eigenvalue weighted by molar-refractivity contribution is 0.0374. The van der Waals surface area contributed by atoms with Crippen LogP contribution in [0.5, 0.6) is 0 Å². The van der Waals surface area contributed by atoms with Gasteiger partial charge in [-0.1, -0.05) is 33.1 Å². The van der Waals surface area contributed by atoms with Crippen molar-refractivity contribution in [1.29, 1.82) is 0 Å². The quantitative estimate of drug-likeness (QED) is 0.751. The summed E-state index contributed by atoms with van der Waals surface area (Å²) in [5.41, 5.74) is 0. The second kappa shape index (κ2) is 7.29. The first-order valence-corrected chi connectivity index (χ1v) is 6.96. The van der Waals surface area contributed by atoms with E-state index in [1.54, 1.807) is 0 Å². The van der Waals surface area contributed by atoms with Crippen LogP contribution in [0.15, 0.2) is 0 Å². The van der Waals surface area contributed by atoms with Crippen molar-refractivity contribution in [3.05, 3.63) is 0 Å². The standard InChI is InChI=1S/C14H29NO/c1-5-11(2)10-12(3)15-13-8-6-7-9-14(13)16-4/h11-15H,5-10H2,1-4H3. The summed E-state index contributed by atoms with van der Waals surface area (Å²) >= 11 is 0. The Labute approximate surface area is 101 Å². The molecular weight excluding hydrogens is 198 g/mol. The Morgan fingerprint density at radius 3 is 2.56 bits per heavy atom. The van der Waals surface area contributed by atoms with Crippen LogP contribution >= 0.6 is 0 Å². The molecule has 0 spiro atoms. The van der Waals surface area contributed by atoms with E-state index in [0.29, 0.717) is 18.2 Å². The number of methoxy groups -OCH3 is 1. The topological polar surface area (TPSA) is 21.3 Å². The lowest BCUT2D eigenvalue weighted by Gasteiger charge is -2.34. The molecule has 0 aliphatic heterocycles. The smallest absolute Gasteiger partial charge is 0.0724 e. The van der Waals surface area contributed by atoms with Gasteiger partial charge in [-0.3, -0.25) is 0 Å². The minimum absolute atomic E-state index is 0.438. The third-order valence-corrected chi connectivity index (χ3v) is 3.96. The lowest BCUT2D eigenvalue weighted by Crippen LogP contribution is -2.47. The van der Waals surface area contributed by atoms with E-state index in [-0.39, 0.29) is 0 Å². The molecule has 1 rings (SSSR count). The van der Waals surface area contributed by atoms with E-state index < -0.39 is 0 Å². The summed E-state index contributed by atoms with van der Waals surface area (Å²) in [6.07, 6.45) is 8.19. The summed E-state index contributed by atoms with van der Waals surface area (Å²) in [6, 6.07) is 1.20. The Bertz CT molecular complexity index is 184. The molecular formula is C14H29NO. The van der Waals surface area contributed by atoms with E-state index in [0.717, 1.165) is 5.92 Å². The van der Waals surface area contributed by atoms with Gasteiger partial charge in [0.15, 0.2) is 0 Å². The summed E-state index contributed by atoms with van der Waals surface area (Å²) in [6.45, 7) is 6.93. The fourth-order valence-corrected chi connectivity index (χ4v) is 2.77. The van der Waals surface area contributed by atoms with Crippen LogP contribution < -0.4 is 5.32 Å². The van der Waals surface area contributed by atoms with Crippen LogP contribution in [0.25, 0.3) is 0 Å². The third kappa shape index (κ3) is 4.42. The van der Waals surface area contributed by atoms with Crippen LogP contribution in [0, 0.1) is 5.92 Å². The molecule has 1 saturated carbocycles. The first kappa shape index (κ1) is 14.0. The van der Waals surface area contributed by atoms with Gasteiger partial charge < -0.3 is 10.1 Å². The van der Waals surface area contributed by atoms with Crippen LogP contribution in [0.1, 0.15) is 59.3 Å². The molecule has 0 radical (unpaired) electrons. The molecule has 2 heteroatoms. The third-order valence-electron chi connectivity index (χ3n) is 3.96. The Morgan fingerprint density at radius 2 is 1.94 bits per heavy atom. The average molecular weight is 227 g/mol. The van der Waals surface area contributed by atoms with Crippen LogP contribution in [0.2, 0.25) is 0 Å². The Hall–Kier alpha value is -0.0800. The SMILES string of the molecule is CCC(C)CC(C)NC1CCCCC1OC. The van der Waals surface area contributed by atoms with Gasteiger partial charge in [-0.05, 0) is 32.1 Å². The highest BCUT2D eigenvalue weighted by Gasteiger charge is 2.25. The summed E-state index contributed by atoms with van der Waals surface area (Å²) in [7, 11) is 1.85. The van der Waals surface area contributed by atoms with Crippen LogP contribution in [0.3, 0.4) is 0 Å². The zero-order chi connectivity index (χ0) is 12.0. The predicted molar refractivity (Wildman–Crippen MR) is 69.7 cm³/mol. The van der Waals surface area contributed by atoms with Gasteiger partial charge in [0.05, 0.1) is 6.10 Å². The van der Waals surface area contributed by atoms with E-state index in [1.165, 1.54) is 38.5 Å². The van der Waals surface area contributed by atoms with Gasteiger partial charge in [0.2, 0.25) is 0 Å². The maximum atomic E-state index is 5.57. The van der Waals surface area contributed by atoms with E-state index in [2.05, 4.69) is 26.1 Å². The van der Waals surface area contributed by atoms with Crippen molar-refractivity contribution in [3.63, 3.8) is 0 Å². The summed E-state index contributed by atoms with van der Waals surface area (Å²) in [5.74, 6) is 0.826. The molecule has 16 heavy (non-hydrogen) atoms. The summed E-state index contributed by atoms with van der Waals surface area (Å²) < 4.78 is 5.57. The molecule has 0 aromatic carbocycles. The summed E-state index contributed by atoms with van der Waals surface area (Å²) in [4.78, 5) is 0. The largest absolute Gasteiger partial charge is 0.380 e. The van der Waals surface area contributed by atoms with E-state index in [4.69, 9.17) is 4.74 Å². The molecule has 0 amide bonds. The van der Waals surface area contributed by atoms with E-state index in [1.807, 2.05) is 7.11 Å². The predicted octanol–water partition coefficient (Wildman–Crippen LogP) is 3.36. The Morgan fingerprint density at radius 1 is 1.25 bits per heavy atom. The van der Waals surface area contributed by atoms with Crippen molar-refractivity contribution in [2.45, 2.75) is 77.5 Å². The second-order valence-electron chi connectivity index (χ2n) is 5.48. The first-order chi connectivity index (χ1) is 7.67. The van der Waals surface area contributed by atoms with Gasteiger partial charge in [-0.15, -0.1) is 0 Å². The van der Waals surface area contributed by atoms with Crippen molar-refractivity contribution < 1.29 is 4.74 Å². The molecule has 4 unspecified atom stereocenters. The van der Waals surface area contributed by atoms with Gasteiger partial charge in [-0.2, -0.15) is 0 Å². The number of hydrogen-bond donors (Lipinski definition) is 1. The van der Waals surface area contributed by atoms with Gasteiger partial charge in [0.25, 0.3) is 0 Å². The molecule has 1 N–H and O–H groups in total. The van der Waals surface area contributed by atoms with Gasteiger partial charge >= 0.3 is 0 Å². The van der Waals surface area contributed by atoms with E-state index in [9.17, 15) is 0 Å². The monoisotopic (exact) mass is 227 g/mol. The molecule has 2 nitrogen and oxygen atoms in total. The molecule has 1 fully saturated rings. The molecule has 0 bridgehead atoms. The van der Waals surface area contributed by atoms with Crippen molar-refractivity contribution in [2.24, 2.45) is 5.92 Å². The molecule has 96 valence electrons. The summed E-state index contributed by atoms with van der Waals surface area (Å²) in [5, 5.41) is 3.76.